The Kier molecular flexibility index (Phi) is 2.52. The lowest BCUT2D eigenvalue weighted by atomic mass is 10.1. The second kappa shape index (κ2) is 3.70. The van der Waals surface area contributed by atoms with Gasteiger partial charge in [0.05, 0.1) is 16.4 Å². The summed E-state index contributed by atoms with van der Waals surface area (Å²) in [5, 5.41) is 5.64. The number of anilines is 2. The van der Waals surface area contributed by atoms with E-state index in [1.807, 2.05) is 6.92 Å². The molecule has 1 unspecified atom stereocenters. The highest BCUT2D eigenvalue weighted by atomic mass is 35.5. The molecule has 2 N–H and O–H groups in total. The summed E-state index contributed by atoms with van der Waals surface area (Å²) in [7, 11) is 0. The van der Waals surface area contributed by atoms with E-state index in [9.17, 15) is 9.18 Å². The van der Waals surface area contributed by atoms with Crippen LogP contribution in [0.1, 0.15) is 13.3 Å². The molecular weight excluding hydrogens is 219 g/mol. The molecule has 0 bridgehead atoms. The highest BCUT2D eigenvalue weighted by molar-refractivity contribution is 6.31. The third-order valence-corrected chi connectivity index (χ3v) is 2.66. The SMILES string of the molecule is CCC1Nc2cc(F)c(Cl)cc2NC1=O. The standard InChI is InChI=1S/C10H10ClFN2O/c1-2-7-10(15)14-8-3-5(11)6(12)4-9(8)13-7/h3-4,7,13H,2H2,1H3,(H,14,15). The van der Waals surface area contributed by atoms with Crippen molar-refractivity contribution in [3.05, 3.63) is 23.0 Å². The highest BCUT2D eigenvalue weighted by Crippen LogP contribution is 2.32. The number of fused-ring (bicyclic) bond motifs is 1. The minimum Gasteiger partial charge on any atom is -0.372 e. The van der Waals surface area contributed by atoms with Crippen LogP contribution in [0.15, 0.2) is 12.1 Å². The summed E-state index contributed by atoms with van der Waals surface area (Å²) in [6, 6.07) is 2.39. The molecule has 5 heteroatoms. The van der Waals surface area contributed by atoms with E-state index in [2.05, 4.69) is 10.6 Å². The predicted molar refractivity (Wildman–Crippen MR) is 57.7 cm³/mol. The van der Waals surface area contributed by atoms with Crippen LogP contribution in [0.4, 0.5) is 15.8 Å². The Morgan fingerprint density at radius 1 is 1.47 bits per heavy atom. The van der Waals surface area contributed by atoms with Gasteiger partial charge in [0.25, 0.3) is 0 Å². The molecule has 2 rings (SSSR count). The monoisotopic (exact) mass is 228 g/mol. The molecule has 0 aliphatic carbocycles. The molecule has 1 aliphatic heterocycles. The van der Waals surface area contributed by atoms with Crippen LogP contribution in [0.5, 0.6) is 0 Å². The molecule has 0 saturated carbocycles. The Hall–Kier alpha value is -1.29. The summed E-state index contributed by atoms with van der Waals surface area (Å²) in [6.45, 7) is 1.88. The number of hydrogen-bond acceptors (Lipinski definition) is 2. The van der Waals surface area contributed by atoms with E-state index in [-0.39, 0.29) is 17.0 Å². The second-order valence-corrected chi connectivity index (χ2v) is 3.81. The van der Waals surface area contributed by atoms with E-state index in [0.29, 0.717) is 17.8 Å². The van der Waals surface area contributed by atoms with E-state index in [0.717, 1.165) is 0 Å². The molecule has 1 amide bonds. The van der Waals surface area contributed by atoms with Crippen molar-refractivity contribution >= 4 is 28.9 Å². The first kappa shape index (κ1) is 10.2. The fraction of sp³-hybridized carbons (Fsp3) is 0.300. The Morgan fingerprint density at radius 2 is 2.20 bits per heavy atom. The molecular formula is C10H10ClFN2O. The van der Waals surface area contributed by atoms with Crippen LogP contribution in [0.3, 0.4) is 0 Å². The number of nitrogens with one attached hydrogen (secondary N) is 2. The van der Waals surface area contributed by atoms with Crippen LogP contribution in [-0.2, 0) is 4.79 Å². The lowest BCUT2D eigenvalue weighted by molar-refractivity contribution is -0.117. The predicted octanol–water partition coefficient (Wildman–Crippen LogP) is 2.62. The van der Waals surface area contributed by atoms with Gasteiger partial charge in [0, 0.05) is 6.07 Å². The van der Waals surface area contributed by atoms with Crippen LogP contribution < -0.4 is 10.6 Å². The minimum absolute atomic E-state index is 0.00537. The van der Waals surface area contributed by atoms with Gasteiger partial charge >= 0.3 is 0 Å². The van der Waals surface area contributed by atoms with Crippen LogP contribution in [0.2, 0.25) is 5.02 Å². The molecule has 80 valence electrons. The number of benzene rings is 1. The fourth-order valence-corrected chi connectivity index (χ4v) is 1.69. The highest BCUT2D eigenvalue weighted by Gasteiger charge is 2.24. The second-order valence-electron chi connectivity index (χ2n) is 3.41. The van der Waals surface area contributed by atoms with E-state index in [1.165, 1.54) is 12.1 Å². The summed E-state index contributed by atoms with van der Waals surface area (Å²) < 4.78 is 13.2. The molecule has 1 aromatic carbocycles. The topological polar surface area (TPSA) is 41.1 Å². The van der Waals surface area contributed by atoms with E-state index >= 15 is 0 Å². The van der Waals surface area contributed by atoms with E-state index in [4.69, 9.17) is 11.6 Å². The average molecular weight is 229 g/mol. The van der Waals surface area contributed by atoms with Crippen molar-refractivity contribution in [3.63, 3.8) is 0 Å². The average Bonchev–Trinajstić information content (AvgIpc) is 2.20. The third-order valence-electron chi connectivity index (χ3n) is 2.37. The molecule has 3 nitrogen and oxygen atoms in total. The van der Waals surface area contributed by atoms with Crippen molar-refractivity contribution in [3.8, 4) is 0 Å². The van der Waals surface area contributed by atoms with Crippen LogP contribution in [0.25, 0.3) is 0 Å². The summed E-state index contributed by atoms with van der Waals surface area (Å²) in [5.74, 6) is -0.610. The van der Waals surface area contributed by atoms with Gasteiger partial charge in [-0.25, -0.2) is 4.39 Å². The summed E-state index contributed by atoms with van der Waals surface area (Å²) in [4.78, 5) is 11.5. The van der Waals surface area contributed by atoms with Gasteiger partial charge in [0.2, 0.25) is 5.91 Å². The van der Waals surface area contributed by atoms with Gasteiger partial charge in [0.15, 0.2) is 0 Å². The number of rotatable bonds is 1. The summed E-state index contributed by atoms with van der Waals surface area (Å²) >= 11 is 5.61. The van der Waals surface area contributed by atoms with Crippen molar-refractivity contribution in [1.82, 2.24) is 0 Å². The Labute approximate surface area is 91.6 Å². The maximum Gasteiger partial charge on any atom is 0.246 e. The number of halogens is 2. The first-order chi connectivity index (χ1) is 7.11. The Morgan fingerprint density at radius 3 is 2.87 bits per heavy atom. The fourth-order valence-electron chi connectivity index (χ4n) is 1.53. The van der Waals surface area contributed by atoms with Crippen molar-refractivity contribution in [2.24, 2.45) is 0 Å². The maximum absolute atomic E-state index is 13.2. The zero-order valence-corrected chi connectivity index (χ0v) is 8.86. The zero-order chi connectivity index (χ0) is 11.0. The van der Waals surface area contributed by atoms with Gasteiger partial charge in [-0.2, -0.15) is 0 Å². The van der Waals surface area contributed by atoms with Crippen LogP contribution in [0, 0.1) is 5.82 Å². The van der Waals surface area contributed by atoms with Crippen molar-refractivity contribution < 1.29 is 9.18 Å². The van der Waals surface area contributed by atoms with Gasteiger partial charge in [0.1, 0.15) is 11.9 Å². The van der Waals surface area contributed by atoms with Crippen molar-refractivity contribution in [2.45, 2.75) is 19.4 Å². The molecule has 0 radical (unpaired) electrons. The van der Waals surface area contributed by atoms with Gasteiger partial charge in [-0.3, -0.25) is 4.79 Å². The lowest BCUT2D eigenvalue weighted by Crippen LogP contribution is -2.38. The molecule has 15 heavy (non-hydrogen) atoms. The van der Waals surface area contributed by atoms with E-state index in [1.54, 1.807) is 0 Å². The molecule has 0 fully saturated rings. The molecule has 0 saturated heterocycles. The van der Waals surface area contributed by atoms with Crippen molar-refractivity contribution in [2.75, 3.05) is 10.6 Å². The first-order valence-electron chi connectivity index (χ1n) is 4.68. The maximum atomic E-state index is 13.2. The Bertz CT molecular complexity index is 422. The summed E-state index contributed by atoms with van der Waals surface area (Å²) in [5.41, 5.74) is 1.10. The molecule has 1 atom stereocenters. The quantitative estimate of drug-likeness (QED) is 0.776. The van der Waals surface area contributed by atoms with Gasteiger partial charge in [-0.1, -0.05) is 18.5 Å². The number of carbonyl (C=O) groups is 1. The number of hydrogen-bond donors (Lipinski definition) is 2. The van der Waals surface area contributed by atoms with Crippen LogP contribution >= 0.6 is 11.6 Å². The van der Waals surface area contributed by atoms with Gasteiger partial charge < -0.3 is 10.6 Å². The largest absolute Gasteiger partial charge is 0.372 e. The van der Waals surface area contributed by atoms with Gasteiger partial charge in [-0.15, -0.1) is 0 Å². The number of carbonyl (C=O) groups excluding carboxylic acids is 1. The smallest absolute Gasteiger partial charge is 0.246 e. The van der Waals surface area contributed by atoms with E-state index < -0.39 is 5.82 Å². The molecule has 0 spiro atoms. The Balaban J connectivity index is 2.41. The number of amides is 1. The normalized spacial score (nSPS) is 19.1. The van der Waals surface area contributed by atoms with Gasteiger partial charge in [-0.05, 0) is 12.5 Å². The molecule has 1 heterocycles. The van der Waals surface area contributed by atoms with Crippen molar-refractivity contribution in [1.29, 1.82) is 0 Å². The van der Waals surface area contributed by atoms with Crippen LogP contribution in [-0.4, -0.2) is 11.9 Å². The lowest BCUT2D eigenvalue weighted by Gasteiger charge is -2.26. The minimum atomic E-state index is -0.492. The molecule has 1 aliphatic rings. The first-order valence-corrected chi connectivity index (χ1v) is 5.06. The molecule has 0 aromatic heterocycles. The summed E-state index contributed by atoms with van der Waals surface area (Å²) in [6.07, 6.45) is 0.648. The zero-order valence-electron chi connectivity index (χ0n) is 8.10. The third kappa shape index (κ3) is 1.77. The molecule has 1 aromatic rings.